The summed E-state index contributed by atoms with van der Waals surface area (Å²) < 4.78 is 20.5. The van der Waals surface area contributed by atoms with Crippen LogP contribution >= 0.6 is 0 Å². The van der Waals surface area contributed by atoms with Crippen LogP contribution < -0.4 is 14.2 Å². The van der Waals surface area contributed by atoms with Crippen LogP contribution in [0.1, 0.15) is 11.7 Å². The van der Waals surface area contributed by atoms with Crippen LogP contribution in [0.4, 0.5) is 0 Å². The van der Waals surface area contributed by atoms with Crippen molar-refractivity contribution >= 4 is 5.97 Å². The molecule has 1 aromatic carbocycles. The monoisotopic (exact) mass is 254 g/mol. The van der Waals surface area contributed by atoms with E-state index in [1.54, 1.807) is 12.1 Å². The summed E-state index contributed by atoms with van der Waals surface area (Å²) in [5, 5.41) is 9.85. The molecule has 0 spiro atoms. The zero-order valence-corrected chi connectivity index (χ0v) is 10.1. The first kappa shape index (κ1) is 12.5. The number of benzene rings is 1. The van der Waals surface area contributed by atoms with Gasteiger partial charge in [0.05, 0.1) is 14.2 Å². The zero-order chi connectivity index (χ0) is 13.1. The van der Waals surface area contributed by atoms with Gasteiger partial charge in [0.15, 0.2) is 17.6 Å². The van der Waals surface area contributed by atoms with E-state index in [4.69, 9.17) is 14.2 Å². The molecule has 1 atom stereocenters. The Balaban J connectivity index is 2.45. The SMILES string of the molecule is COC(=O)C(O)c1ccc2c(c1OC)OCCO2. The number of carbonyl (C=O) groups excluding carboxylic acids is 1. The lowest BCUT2D eigenvalue weighted by atomic mass is 10.1. The van der Waals surface area contributed by atoms with E-state index in [2.05, 4.69) is 4.74 Å². The van der Waals surface area contributed by atoms with E-state index in [0.717, 1.165) is 0 Å². The molecule has 0 bridgehead atoms. The van der Waals surface area contributed by atoms with Crippen LogP contribution in [-0.2, 0) is 9.53 Å². The molecule has 98 valence electrons. The molecule has 1 heterocycles. The zero-order valence-electron chi connectivity index (χ0n) is 10.1. The Morgan fingerprint density at radius 1 is 1.33 bits per heavy atom. The molecule has 0 aromatic heterocycles. The third-order valence-electron chi connectivity index (χ3n) is 2.62. The molecule has 0 saturated heterocycles. The van der Waals surface area contributed by atoms with Gasteiger partial charge in [-0.1, -0.05) is 0 Å². The molecule has 1 unspecified atom stereocenters. The molecule has 0 radical (unpaired) electrons. The third-order valence-corrected chi connectivity index (χ3v) is 2.62. The molecule has 1 N–H and O–H groups in total. The molecular formula is C12H14O6. The fourth-order valence-electron chi connectivity index (χ4n) is 1.77. The van der Waals surface area contributed by atoms with Gasteiger partial charge in [-0.2, -0.15) is 0 Å². The average Bonchev–Trinajstić information content (AvgIpc) is 2.44. The Labute approximate surface area is 104 Å². The maximum absolute atomic E-state index is 11.3. The molecule has 1 aliphatic rings. The lowest BCUT2D eigenvalue weighted by Crippen LogP contribution is -2.19. The molecule has 1 aromatic rings. The van der Waals surface area contributed by atoms with Crippen LogP contribution in [0.2, 0.25) is 0 Å². The maximum Gasteiger partial charge on any atom is 0.339 e. The molecule has 6 heteroatoms. The van der Waals surface area contributed by atoms with Crippen LogP contribution in [-0.4, -0.2) is 38.5 Å². The van der Waals surface area contributed by atoms with Gasteiger partial charge in [0.1, 0.15) is 13.2 Å². The molecular weight excluding hydrogens is 240 g/mol. The highest BCUT2D eigenvalue weighted by Crippen LogP contribution is 2.43. The van der Waals surface area contributed by atoms with Crippen LogP contribution in [0, 0.1) is 0 Å². The standard InChI is InChI=1S/C12H14O6/c1-15-10-7(9(13)12(14)16-2)3-4-8-11(10)18-6-5-17-8/h3-4,9,13H,5-6H2,1-2H3. The molecule has 0 amide bonds. The fraction of sp³-hybridized carbons (Fsp3) is 0.417. The highest BCUT2D eigenvalue weighted by atomic mass is 16.6. The van der Waals surface area contributed by atoms with Gasteiger partial charge in [-0.25, -0.2) is 4.79 Å². The summed E-state index contributed by atoms with van der Waals surface area (Å²) in [6.45, 7) is 0.843. The van der Waals surface area contributed by atoms with Gasteiger partial charge in [-0.05, 0) is 12.1 Å². The second-order valence-electron chi connectivity index (χ2n) is 3.64. The van der Waals surface area contributed by atoms with Crippen molar-refractivity contribution in [3.63, 3.8) is 0 Å². The van der Waals surface area contributed by atoms with E-state index in [1.165, 1.54) is 14.2 Å². The van der Waals surface area contributed by atoms with Crippen molar-refractivity contribution in [2.45, 2.75) is 6.10 Å². The lowest BCUT2D eigenvalue weighted by molar-refractivity contribution is -0.150. The highest BCUT2D eigenvalue weighted by Gasteiger charge is 2.27. The van der Waals surface area contributed by atoms with Crippen LogP contribution in [0.15, 0.2) is 12.1 Å². The number of hydrogen-bond donors (Lipinski definition) is 1. The Kier molecular flexibility index (Phi) is 3.57. The molecule has 0 saturated carbocycles. The van der Waals surface area contributed by atoms with Gasteiger partial charge in [0.25, 0.3) is 0 Å². The Morgan fingerprint density at radius 2 is 2.06 bits per heavy atom. The Hall–Kier alpha value is -1.95. The van der Waals surface area contributed by atoms with Gasteiger partial charge < -0.3 is 24.1 Å². The van der Waals surface area contributed by atoms with Crippen molar-refractivity contribution in [1.82, 2.24) is 0 Å². The molecule has 6 nitrogen and oxygen atoms in total. The van der Waals surface area contributed by atoms with Gasteiger partial charge in [-0.15, -0.1) is 0 Å². The summed E-state index contributed by atoms with van der Waals surface area (Å²) in [5.74, 6) is 0.443. The van der Waals surface area contributed by atoms with E-state index in [0.29, 0.717) is 24.7 Å². The van der Waals surface area contributed by atoms with Crippen LogP contribution in [0.25, 0.3) is 0 Å². The van der Waals surface area contributed by atoms with Crippen LogP contribution in [0.3, 0.4) is 0 Å². The second-order valence-corrected chi connectivity index (χ2v) is 3.64. The van der Waals surface area contributed by atoms with Crippen molar-refractivity contribution in [2.75, 3.05) is 27.4 Å². The quantitative estimate of drug-likeness (QED) is 0.799. The maximum atomic E-state index is 11.3. The van der Waals surface area contributed by atoms with Gasteiger partial charge in [0, 0.05) is 5.56 Å². The molecule has 1 aliphatic heterocycles. The summed E-state index contributed by atoms with van der Waals surface area (Å²) in [7, 11) is 2.64. The second kappa shape index (κ2) is 5.14. The summed E-state index contributed by atoms with van der Waals surface area (Å²) in [4.78, 5) is 11.3. The van der Waals surface area contributed by atoms with E-state index in [9.17, 15) is 9.90 Å². The topological polar surface area (TPSA) is 74.2 Å². The largest absolute Gasteiger partial charge is 0.492 e. The number of rotatable bonds is 3. The van der Waals surface area contributed by atoms with Crippen molar-refractivity contribution in [2.24, 2.45) is 0 Å². The van der Waals surface area contributed by atoms with Crippen molar-refractivity contribution in [3.05, 3.63) is 17.7 Å². The van der Waals surface area contributed by atoms with E-state index in [-0.39, 0.29) is 11.3 Å². The Morgan fingerprint density at radius 3 is 2.72 bits per heavy atom. The van der Waals surface area contributed by atoms with Gasteiger partial charge in [0.2, 0.25) is 5.75 Å². The van der Waals surface area contributed by atoms with Gasteiger partial charge in [-0.3, -0.25) is 0 Å². The molecule has 18 heavy (non-hydrogen) atoms. The average molecular weight is 254 g/mol. The molecule has 2 rings (SSSR count). The Bertz CT molecular complexity index is 456. The predicted octanol–water partition coefficient (Wildman–Crippen LogP) is 0.673. The number of aliphatic hydroxyl groups excluding tert-OH is 1. The summed E-state index contributed by atoms with van der Waals surface area (Å²) in [6, 6.07) is 3.17. The number of hydrogen-bond acceptors (Lipinski definition) is 6. The minimum absolute atomic E-state index is 0.283. The van der Waals surface area contributed by atoms with Crippen molar-refractivity contribution in [1.29, 1.82) is 0 Å². The number of aliphatic hydroxyl groups is 1. The number of fused-ring (bicyclic) bond motifs is 1. The van der Waals surface area contributed by atoms with Crippen LogP contribution in [0.5, 0.6) is 17.2 Å². The number of methoxy groups -OCH3 is 2. The first-order valence-electron chi connectivity index (χ1n) is 5.41. The summed E-state index contributed by atoms with van der Waals surface area (Å²) in [6.07, 6.45) is -1.42. The highest BCUT2D eigenvalue weighted by molar-refractivity contribution is 5.78. The lowest BCUT2D eigenvalue weighted by Gasteiger charge is -2.23. The molecule has 0 aliphatic carbocycles. The van der Waals surface area contributed by atoms with Gasteiger partial charge >= 0.3 is 5.97 Å². The summed E-state index contributed by atoms with van der Waals surface area (Å²) >= 11 is 0. The fourth-order valence-corrected chi connectivity index (χ4v) is 1.77. The number of ether oxygens (including phenoxy) is 4. The van der Waals surface area contributed by atoms with E-state index in [1.807, 2.05) is 0 Å². The predicted molar refractivity (Wildman–Crippen MR) is 61.0 cm³/mol. The first-order valence-corrected chi connectivity index (χ1v) is 5.41. The minimum atomic E-state index is -1.42. The minimum Gasteiger partial charge on any atom is -0.492 e. The smallest absolute Gasteiger partial charge is 0.339 e. The van der Waals surface area contributed by atoms with Crippen molar-refractivity contribution < 1.29 is 28.8 Å². The van der Waals surface area contributed by atoms with E-state index >= 15 is 0 Å². The summed E-state index contributed by atoms with van der Waals surface area (Å²) in [5.41, 5.74) is 0.286. The van der Waals surface area contributed by atoms with E-state index < -0.39 is 12.1 Å². The van der Waals surface area contributed by atoms with Crippen molar-refractivity contribution in [3.8, 4) is 17.2 Å². The molecule has 0 fully saturated rings. The first-order chi connectivity index (χ1) is 8.69. The normalized spacial score (nSPS) is 14.8. The number of esters is 1. The third kappa shape index (κ3) is 2.06. The number of carbonyl (C=O) groups is 1.